The van der Waals surface area contributed by atoms with E-state index in [4.69, 9.17) is 5.11 Å². The molecule has 0 aliphatic rings. The van der Waals surface area contributed by atoms with E-state index in [9.17, 15) is 4.79 Å². The maximum Gasteiger partial charge on any atom is 0.339 e. The quantitative estimate of drug-likeness (QED) is 0.780. The van der Waals surface area contributed by atoms with Crippen LogP contribution in [0.15, 0.2) is 6.20 Å². The van der Waals surface area contributed by atoms with Gasteiger partial charge < -0.3 is 10.4 Å². The first-order valence-electron chi connectivity index (χ1n) is 6.43. The van der Waals surface area contributed by atoms with E-state index in [1.165, 1.54) is 6.20 Å². The van der Waals surface area contributed by atoms with Crippen LogP contribution in [-0.4, -0.2) is 26.9 Å². The number of hydrogen-bond donors (Lipinski definition) is 2. The number of carboxylic acid groups (broad SMARTS) is 1. The van der Waals surface area contributed by atoms with Crippen molar-refractivity contribution in [3.63, 3.8) is 0 Å². The summed E-state index contributed by atoms with van der Waals surface area (Å²) < 4.78 is 1.62. The molecule has 0 fully saturated rings. The molecule has 2 unspecified atom stereocenters. The van der Waals surface area contributed by atoms with Crippen LogP contribution in [0.25, 0.3) is 0 Å². The van der Waals surface area contributed by atoms with E-state index >= 15 is 0 Å². The molecule has 0 aliphatic carbocycles. The average Bonchev–Trinajstić information content (AvgIpc) is 2.68. The number of aromatic nitrogens is 2. The summed E-state index contributed by atoms with van der Waals surface area (Å²) in [5, 5.41) is 16.4. The molecule has 0 saturated carbocycles. The van der Waals surface area contributed by atoms with Crippen molar-refractivity contribution in [1.82, 2.24) is 15.1 Å². The highest BCUT2D eigenvalue weighted by Gasteiger charge is 2.15. The van der Waals surface area contributed by atoms with Crippen LogP contribution in [0.3, 0.4) is 0 Å². The fourth-order valence-corrected chi connectivity index (χ4v) is 1.98. The van der Waals surface area contributed by atoms with Crippen molar-refractivity contribution in [2.75, 3.05) is 0 Å². The summed E-state index contributed by atoms with van der Waals surface area (Å²) in [5.41, 5.74) is 0.999. The third kappa shape index (κ3) is 3.84. The molecule has 1 aromatic heterocycles. The van der Waals surface area contributed by atoms with Gasteiger partial charge in [0, 0.05) is 19.6 Å². The van der Waals surface area contributed by atoms with Gasteiger partial charge in [0.1, 0.15) is 5.56 Å². The average molecular weight is 253 g/mol. The molecule has 0 saturated heterocycles. The van der Waals surface area contributed by atoms with Crippen molar-refractivity contribution in [3.8, 4) is 0 Å². The lowest BCUT2D eigenvalue weighted by atomic mass is 10.0. The molecular weight excluding hydrogens is 230 g/mol. The Morgan fingerprint density at radius 2 is 2.22 bits per heavy atom. The monoisotopic (exact) mass is 253 g/mol. The summed E-state index contributed by atoms with van der Waals surface area (Å²) in [6, 6.07) is 0.372. The van der Waals surface area contributed by atoms with E-state index in [2.05, 4.69) is 31.2 Å². The van der Waals surface area contributed by atoms with Crippen molar-refractivity contribution in [2.45, 2.75) is 46.2 Å². The first kappa shape index (κ1) is 14.7. The number of nitrogens with zero attached hydrogens (tertiary/aromatic N) is 2. The topological polar surface area (TPSA) is 67.2 Å². The molecule has 0 aromatic carbocycles. The molecule has 2 N–H and O–H groups in total. The van der Waals surface area contributed by atoms with Gasteiger partial charge in [0.25, 0.3) is 0 Å². The van der Waals surface area contributed by atoms with Gasteiger partial charge in [-0.15, -0.1) is 0 Å². The van der Waals surface area contributed by atoms with E-state index in [0.717, 1.165) is 18.5 Å². The fourth-order valence-electron chi connectivity index (χ4n) is 1.98. The first-order valence-corrected chi connectivity index (χ1v) is 6.43. The Balaban J connectivity index is 2.58. The molecule has 102 valence electrons. The Morgan fingerprint density at radius 1 is 1.56 bits per heavy atom. The fraction of sp³-hybridized carbons (Fsp3) is 0.692. The molecule has 2 atom stereocenters. The summed E-state index contributed by atoms with van der Waals surface area (Å²) >= 11 is 0. The number of carboxylic acids is 1. The van der Waals surface area contributed by atoms with Crippen LogP contribution in [-0.2, 0) is 13.6 Å². The van der Waals surface area contributed by atoms with Crippen molar-refractivity contribution in [2.24, 2.45) is 13.0 Å². The largest absolute Gasteiger partial charge is 0.478 e. The number of aromatic carboxylic acids is 1. The molecule has 0 amide bonds. The predicted octanol–water partition coefficient (Wildman–Crippen LogP) is 2.03. The second kappa shape index (κ2) is 6.54. The van der Waals surface area contributed by atoms with Crippen LogP contribution in [0.5, 0.6) is 0 Å². The highest BCUT2D eigenvalue weighted by Crippen LogP contribution is 2.11. The van der Waals surface area contributed by atoms with Crippen LogP contribution in [0.1, 0.15) is 49.7 Å². The Labute approximate surface area is 108 Å². The molecular formula is C13H23N3O2. The van der Waals surface area contributed by atoms with Crippen molar-refractivity contribution >= 4 is 5.97 Å². The van der Waals surface area contributed by atoms with Crippen molar-refractivity contribution in [1.29, 1.82) is 0 Å². The number of nitrogens with one attached hydrogen (secondary N) is 1. The highest BCUT2D eigenvalue weighted by molar-refractivity contribution is 5.88. The van der Waals surface area contributed by atoms with E-state index in [1.807, 2.05) is 0 Å². The Kier molecular flexibility index (Phi) is 5.34. The SMILES string of the molecule is CCC(C)CC(C)NCc1c(C(=O)O)cnn1C. The second-order valence-electron chi connectivity index (χ2n) is 4.96. The molecule has 1 aromatic rings. The van der Waals surface area contributed by atoms with Crippen LogP contribution in [0.4, 0.5) is 0 Å². The van der Waals surface area contributed by atoms with Gasteiger partial charge in [-0.25, -0.2) is 4.79 Å². The standard InChI is InChI=1S/C13H23N3O2/c1-5-9(2)6-10(3)14-8-12-11(13(17)18)7-15-16(12)4/h7,9-10,14H,5-6,8H2,1-4H3,(H,17,18). The molecule has 5 nitrogen and oxygen atoms in total. The molecule has 5 heteroatoms. The first-order chi connectivity index (χ1) is 8.45. The molecule has 0 aliphatic heterocycles. The minimum atomic E-state index is -0.922. The maximum atomic E-state index is 11.0. The van der Waals surface area contributed by atoms with E-state index < -0.39 is 5.97 Å². The summed E-state index contributed by atoms with van der Waals surface area (Å²) in [6.45, 7) is 7.07. The minimum Gasteiger partial charge on any atom is -0.478 e. The number of carbonyl (C=O) groups is 1. The molecule has 0 spiro atoms. The maximum absolute atomic E-state index is 11.0. The van der Waals surface area contributed by atoms with Gasteiger partial charge in [-0.3, -0.25) is 4.68 Å². The predicted molar refractivity (Wildman–Crippen MR) is 70.5 cm³/mol. The van der Waals surface area contributed by atoms with Crippen LogP contribution in [0.2, 0.25) is 0 Å². The molecule has 18 heavy (non-hydrogen) atoms. The van der Waals surface area contributed by atoms with Gasteiger partial charge in [-0.05, 0) is 19.3 Å². The normalized spacial score (nSPS) is 14.4. The van der Waals surface area contributed by atoms with E-state index in [1.54, 1.807) is 11.7 Å². The lowest BCUT2D eigenvalue weighted by Gasteiger charge is -2.17. The molecule has 0 bridgehead atoms. The number of rotatable bonds is 7. The van der Waals surface area contributed by atoms with Gasteiger partial charge in [-0.1, -0.05) is 20.3 Å². The van der Waals surface area contributed by atoms with Gasteiger partial charge in [0.2, 0.25) is 0 Å². The zero-order chi connectivity index (χ0) is 13.7. The van der Waals surface area contributed by atoms with Crippen LogP contribution < -0.4 is 5.32 Å². The van der Waals surface area contributed by atoms with Gasteiger partial charge in [0.05, 0.1) is 11.9 Å². The molecule has 1 heterocycles. The molecule has 1 rings (SSSR count). The van der Waals surface area contributed by atoms with E-state index in [0.29, 0.717) is 18.5 Å². The lowest BCUT2D eigenvalue weighted by molar-refractivity contribution is 0.0695. The van der Waals surface area contributed by atoms with Crippen LogP contribution >= 0.6 is 0 Å². The zero-order valence-corrected chi connectivity index (χ0v) is 11.6. The zero-order valence-electron chi connectivity index (χ0n) is 11.6. The minimum absolute atomic E-state index is 0.278. The number of aryl methyl sites for hydroxylation is 1. The highest BCUT2D eigenvalue weighted by atomic mass is 16.4. The third-order valence-electron chi connectivity index (χ3n) is 3.36. The Hall–Kier alpha value is -1.36. The van der Waals surface area contributed by atoms with Crippen molar-refractivity contribution < 1.29 is 9.90 Å². The number of hydrogen-bond acceptors (Lipinski definition) is 3. The lowest BCUT2D eigenvalue weighted by Crippen LogP contribution is -2.28. The van der Waals surface area contributed by atoms with Crippen molar-refractivity contribution in [3.05, 3.63) is 17.5 Å². The summed E-state index contributed by atoms with van der Waals surface area (Å²) in [5.74, 6) is -0.243. The van der Waals surface area contributed by atoms with Gasteiger partial charge in [0.15, 0.2) is 0 Å². The summed E-state index contributed by atoms with van der Waals surface area (Å²) in [7, 11) is 1.77. The smallest absolute Gasteiger partial charge is 0.339 e. The Morgan fingerprint density at radius 3 is 2.78 bits per heavy atom. The van der Waals surface area contributed by atoms with Crippen LogP contribution in [0, 0.1) is 5.92 Å². The van der Waals surface area contributed by atoms with Gasteiger partial charge in [-0.2, -0.15) is 5.10 Å². The van der Waals surface area contributed by atoms with E-state index in [-0.39, 0.29) is 5.56 Å². The summed E-state index contributed by atoms with van der Waals surface area (Å²) in [4.78, 5) is 11.0. The Bertz CT molecular complexity index is 401. The summed E-state index contributed by atoms with van der Waals surface area (Å²) in [6.07, 6.45) is 3.66. The second-order valence-corrected chi connectivity index (χ2v) is 4.96. The van der Waals surface area contributed by atoms with Gasteiger partial charge >= 0.3 is 5.97 Å². The third-order valence-corrected chi connectivity index (χ3v) is 3.36. The molecule has 0 radical (unpaired) electrons.